The number of likely N-dealkylation sites (N-methyl/N-ethyl adjacent to an activating group) is 2. The minimum Gasteiger partial charge on any atom is -0.343 e. The molecule has 0 aliphatic carbocycles. The van der Waals surface area contributed by atoms with Crippen molar-refractivity contribution < 1.29 is 4.79 Å². The van der Waals surface area contributed by atoms with Gasteiger partial charge in [0.15, 0.2) is 0 Å². The molecule has 3 heteroatoms. The first-order valence-electron chi connectivity index (χ1n) is 3.70. The van der Waals surface area contributed by atoms with Gasteiger partial charge in [0.1, 0.15) is 0 Å². The Balaban J connectivity index is 2.41. The van der Waals surface area contributed by atoms with Crippen molar-refractivity contribution in [3.05, 3.63) is 0 Å². The maximum Gasteiger partial charge on any atom is 0.236 e. The molecule has 10 heavy (non-hydrogen) atoms. The van der Waals surface area contributed by atoms with Gasteiger partial charge in [0.05, 0.1) is 6.54 Å². The first kappa shape index (κ1) is 7.54. The van der Waals surface area contributed by atoms with Crippen LogP contribution in [0, 0.1) is 0 Å². The SMILES string of the molecule is CCN1CCN(C)C(=O)C1. The van der Waals surface area contributed by atoms with Gasteiger partial charge in [-0.15, -0.1) is 0 Å². The Morgan fingerprint density at radius 2 is 2.20 bits per heavy atom. The van der Waals surface area contributed by atoms with Crippen LogP contribution in [0.4, 0.5) is 0 Å². The van der Waals surface area contributed by atoms with Crippen molar-refractivity contribution in [3.63, 3.8) is 0 Å². The van der Waals surface area contributed by atoms with Crippen LogP contribution in [0.3, 0.4) is 0 Å². The van der Waals surface area contributed by atoms with Crippen molar-refractivity contribution in [1.82, 2.24) is 9.80 Å². The lowest BCUT2D eigenvalue weighted by atomic mass is 10.3. The fourth-order valence-electron chi connectivity index (χ4n) is 1.08. The quantitative estimate of drug-likeness (QED) is 0.505. The highest BCUT2D eigenvalue weighted by atomic mass is 16.2. The molecule has 0 aromatic heterocycles. The van der Waals surface area contributed by atoms with Crippen LogP contribution in [0.1, 0.15) is 6.92 Å². The summed E-state index contributed by atoms with van der Waals surface area (Å²) < 4.78 is 0. The number of hydrogen-bond acceptors (Lipinski definition) is 2. The molecule has 0 saturated carbocycles. The van der Waals surface area contributed by atoms with Gasteiger partial charge in [0.25, 0.3) is 0 Å². The highest BCUT2D eigenvalue weighted by molar-refractivity contribution is 5.78. The molecule has 0 bridgehead atoms. The van der Waals surface area contributed by atoms with Gasteiger partial charge < -0.3 is 4.90 Å². The Labute approximate surface area is 61.6 Å². The summed E-state index contributed by atoms with van der Waals surface area (Å²) in [7, 11) is 1.86. The molecule has 1 amide bonds. The van der Waals surface area contributed by atoms with E-state index in [1.54, 1.807) is 4.90 Å². The van der Waals surface area contributed by atoms with Crippen molar-refractivity contribution in [2.24, 2.45) is 0 Å². The van der Waals surface area contributed by atoms with E-state index in [9.17, 15) is 4.79 Å². The third kappa shape index (κ3) is 1.48. The van der Waals surface area contributed by atoms with Crippen LogP contribution in [0.5, 0.6) is 0 Å². The van der Waals surface area contributed by atoms with Gasteiger partial charge in [-0.05, 0) is 6.54 Å². The molecule has 1 heterocycles. The van der Waals surface area contributed by atoms with E-state index in [-0.39, 0.29) is 5.91 Å². The predicted molar refractivity (Wildman–Crippen MR) is 39.8 cm³/mol. The lowest BCUT2D eigenvalue weighted by Crippen LogP contribution is -2.48. The van der Waals surface area contributed by atoms with Crippen molar-refractivity contribution in [2.75, 3.05) is 33.2 Å². The molecule has 1 aliphatic rings. The summed E-state index contributed by atoms with van der Waals surface area (Å²) in [6.07, 6.45) is 0. The fourth-order valence-corrected chi connectivity index (χ4v) is 1.08. The van der Waals surface area contributed by atoms with Crippen molar-refractivity contribution >= 4 is 5.91 Å². The number of carbonyl (C=O) groups is 1. The van der Waals surface area contributed by atoms with E-state index in [2.05, 4.69) is 11.8 Å². The molecule has 0 radical (unpaired) electrons. The van der Waals surface area contributed by atoms with E-state index >= 15 is 0 Å². The Morgan fingerprint density at radius 1 is 1.50 bits per heavy atom. The summed E-state index contributed by atoms with van der Waals surface area (Å²) in [4.78, 5) is 15.0. The second-order valence-electron chi connectivity index (χ2n) is 2.68. The standard InChI is InChI=1S/C7H14N2O/c1-3-9-5-4-8(2)7(10)6-9/h3-6H2,1-2H3. The van der Waals surface area contributed by atoms with Crippen LogP contribution >= 0.6 is 0 Å². The smallest absolute Gasteiger partial charge is 0.236 e. The normalized spacial score (nSPS) is 21.8. The van der Waals surface area contributed by atoms with Crippen LogP contribution in [-0.2, 0) is 4.79 Å². The first-order chi connectivity index (χ1) is 4.74. The van der Waals surface area contributed by atoms with Crippen LogP contribution in [0.25, 0.3) is 0 Å². The van der Waals surface area contributed by atoms with Gasteiger partial charge in [0, 0.05) is 20.1 Å². The molecular formula is C7H14N2O. The van der Waals surface area contributed by atoms with Gasteiger partial charge in [-0.25, -0.2) is 0 Å². The molecule has 0 spiro atoms. The molecule has 1 rings (SSSR count). The maximum atomic E-state index is 11.0. The number of hydrogen-bond donors (Lipinski definition) is 0. The molecule has 58 valence electrons. The molecule has 1 fully saturated rings. The summed E-state index contributed by atoms with van der Waals surface area (Å²) in [5, 5.41) is 0. The third-order valence-corrected chi connectivity index (χ3v) is 1.98. The Hall–Kier alpha value is -0.570. The van der Waals surface area contributed by atoms with Crippen LogP contribution in [0.15, 0.2) is 0 Å². The van der Waals surface area contributed by atoms with E-state index in [1.807, 2.05) is 7.05 Å². The van der Waals surface area contributed by atoms with E-state index in [0.717, 1.165) is 19.6 Å². The van der Waals surface area contributed by atoms with E-state index in [1.165, 1.54) is 0 Å². The predicted octanol–water partition coefficient (Wildman–Crippen LogP) is -0.220. The molecule has 0 aromatic rings. The summed E-state index contributed by atoms with van der Waals surface area (Å²) in [5.74, 6) is 0.244. The molecule has 0 atom stereocenters. The van der Waals surface area contributed by atoms with Gasteiger partial charge >= 0.3 is 0 Å². The van der Waals surface area contributed by atoms with Gasteiger partial charge in [-0.1, -0.05) is 6.92 Å². The molecule has 1 aliphatic heterocycles. The van der Waals surface area contributed by atoms with Crippen LogP contribution in [0.2, 0.25) is 0 Å². The topological polar surface area (TPSA) is 23.6 Å². The number of rotatable bonds is 1. The molecular weight excluding hydrogens is 128 g/mol. The highest BCUT2D eigenvalue weighted by Gasteiger charge is 2.18. The number of amides is 1. The molecule has 3 nitrogen and oxygen atoms in total. The number of carbonyl (C=O) groups excluding carboxylic acids is 1. The van der Waals surface area contributed by atoms with Crippen LogP contribution < -0.4 is 0 Å². The molecule has 0 N–H and O–H groups in total. The molecule has 1 saturated heterocycles. The Morgan fingerprint density at radius 3 is 2.70 bits per heavy atom. The zero-order valence-electron chi connectivity index (χ0n) is 6.63. The zero-order valence-corrected chi connectivity index (χ0v) is 6.63. The molecule has 0 aromatic carbocycles. The van der Waals surface area contributed by atoms with Crippen LogP contribution in [-0.4, -0.2) is 48.9 Å². The molecule has 0 unspecified atom stereocenters. The summed E-state index contributed by atoms with van der Waals surface area (Å²) in [5.41, 5.74) is 0. The third-order valence-electron chi connectivity index (χ3n) is 1.98. The van der Waals surface area contributed by atoms with Crippen molar-refractivity contribution in [1.29, 1.82) is 0 Å². The van der Waals surface area contributed by atoms with Crippen molar-refractivity contribution in [2.45, 2.75) is 6.92 Å². The summed E-state index contributed by atoms with van der Waals surface area (Å²) in [6.45, 7) is 5.58. The summed E-state index contributed by atoms with van der Waals surface area (Å²) >= 11 is 0. The zero-order chi connectivity index (χ0) is 7.56. The Kier molecular flexibility index (Phi) is 2.27. The van der Waals surface area contributed by atoms with E-state index < -0.39 is 0 Å². The highest BCUT2D eigenvalue weighted by Crippen LogP contribution is 1.98. The maximum absolute atomic E-state index is 11.0. The van der Waals surface area contributed by atoms with Gasteiger partial charge in [-0.2, -0.15) is 0 Å². The lowest BCUT2D eigenvalue weighted by Gasteiger charge is -2.30. The summed E-state index contributed by atoms with van der Waals surface area (Å²) in [6, 6.07) is 0. The second kappa shape index (κ2) is 3.01. The fraction of sp³-hybridized carbons (Fsp3) is 0.857. The lowest BCUT2D eigenvalue weighted by molar-refractivity contribution is -0.134. The van der Waals surface area contributed by atoms with E-state index in [0.29, 0.717) is 6.54 Å². The second-order valence-corrected chi connectivity index (χ2v) is 2.68. The van der Waals surface area contributed by atoms with E-state index in [4.69, 9.17) is 0 Å². The van der Waals surface area contributed by atoms with Gasteiger partial charge in [-0.3, -0.25) is 9.69 Å². The average Bonchev–Trinajstić information content (AvgIpc) is 1.95. The van der Waals surface area contributed by atoms with Crippen molar-refractivity contribution in [3.8, 4) is 0 Å². The first-order valence-corrected chi connectivity index (χ1v) is 3.70. The number of nitrogens with zero attached hydrogens (tertiary/aromatic N) is 2. The number of piperazine rings is 1. The monoisotopic (exact) mass is 142 g/mol. The largest absolute Gasteiger partial charge is 0.343 e. The minimum absolute atomic E-state index is 0.244. The average molecular weight is 142 g/mol. The Bertz CT molecular complexity index is 136. The van der Waals surface area contributed by atoms with Gasteiger partial charge in [0.2, 0.25) is 5.91 Å². The minimum atomic E-state index is 0.244.